The van der Waals surface area contributed by atoms with Crippen LogP contribution < -0.4 is 0 Å². The first-order valence-corrected chi connectivity index (χ1v) is 6.48. The molecule has 19 heavy (non-hydrogen) atoms. The lowest BCUT2D eigenvalue weighted by atomic mass is 9.94. The Morgan fingerprint density at radius 1 is 1.26 bits per heavy atom. The lowest BCUT2D eigenvalue weighted by Gasteiger charge is -2.15. The van der Waals surface area contributed by atoms with Gasteiger partial charge in [0.1, 0.15) is 0 Å². The minimum absolute atomic E-state index is 0.0266. The van der Waals surface area contributed by atoms with Crippen molar-refractivity contribution in [3.05, 3.63) is 47.5 Å². The topological polar surface area (TPSA) is 17.1 Å². The van der Waals surface area contributed by atoms with Crippen LogP contribution in [0.5, 0.6) is 0 Å². The molecule has 3 heteroatoms. The molecule has 0 fully saturated rings. The van der Waals surface area contributed by atoms with Crippen LogP contribution in [-0.4, -0.2) is 11.7 Å². The molecule has 1 aliphatic carbocycles. The Hall–Kier alpha value is -1.51. The van der Waals surface area contributed by atoms with E-state index in [1.165, 1.54) is 12.1 Å². The number of rotatable bonds is 4. The summed E-state index contributed by atoms with van der Waals surface area (Å²) in [5.41, 5.74) is 0.742. The standard InChI is InChI=1S/C16H18F2O/c1-15(2)9-8-12(10-15)11-16(17,18)14(19)13-6-4-3-5-7-13/h3-7,10H,8-9,11H2,1-2H3. The molecule has 0 heterocycles. The normalized spacial score (nSPS) is 18.2. The molecule has 0 aromatic heterocycles. The first-order chi connectivity index (χ1) is 8.80. The Bertz CT molecular complexity index is 501. The quantitative estimate of drug-likeness (QED) is 0.572. The molecule has 0 saturated heterocycles. The van der Waals surface area contributed by atoms with Crippen molar-refractivity contribution in [3.63, 3.8) is 0 Å². The van der Waals surface area contributed by atoms with Gasteiger partial charge in [-0.2, -0.15) is 8.78 Å². The van der Waals surface area contributed by atoms with Crippen molar-refractivity contribution in [1.29, 1.82) is 0 Å². The second-order valence-electron chi connectivity index (χ2n) is 5.87. The Kier molecular flexibility index (Phi) is 3.57. The Balaban J connectivity index is 2.13. The molecule has 1 aliphatic rings. The van der Waals surface area contributed by atoms with E-state index in [1.54, 1.807) is 18.2 Å². The molecule has 102 valence electrons. The van der Waals surface area contributed by atoms with Crippen LogP contribution in [0.2, 0.25) is 0 Å². The van der Waals surface area contributed by atoms with Crippen LogP contribution in [0.25, 0.3) is 0 Å². The van der Waals surface area contributed by atoms with E-state index in [9.17, 15) is 13.6 Å². The van der Waals surface area contributed by atoms with E-state index in [1.807, 2.05) is 19.9 Å². The molecule has 2 rings (SSSR count). The van der Waals surface area contributed by atoms with Gasteiger partial charge >= 0.3 is 5.92 Å². The van der Waals surface area contributed by atoms with E-state index < -0.39 is 18.1 Å². The van der Waals surface area contributed by atoms with Crippen molar-refractivity contribution in [2.45, 2.75) is 39.0 Å². The molecule has 0 radical (unpaired) electrons. The van der Waals surface area contributed by atoms with Gasteiger partial charge in [0.25, 0.3) is 0 Å². The second-order valence-corrected chi connectivity index (χ2v) is 5.87. The van der Waals surface area contributed by atoms with Crippen LogP contribution in [0, 0.1) is 5.41 Å². The molecule has 1 aromatic rings. The number of alkyl halides is 2. The van der Waals surface area contributed by atoms with Gasteiger partial charge in [-0.3, -0.25) is 4.79 Å². The summed E-state index contributed by atoms with van der Waals surface area (Å²) < 4.78 is 28.0. The molecular formula is C16H18F2O. The Morgan fingerprint density at radius 2 is 1.89 bits per heavy atom. The molecule has 0 N–H and O–H groups in total. The van der Waals surface area contributed by atoms with Crippen molar-refractivity contribution in [3.8, 4) is 0 Å². The highest BCUT2D eigenvalue weighted by molar-refractivity contribution is 6.01. The SMILES string of the molecule is CC1(C)C=C(CC(F)(F)C(=O)c2ccccc2)CC1. The average Bonchev–Trinajstić information content (AvgIpc) is 2.68. The van der Waals surface area contributed by atoms with Crippen molar-refractivity contribution >= 4 is 5.78 Å². The number of carbonyl (C=O) groups excluding carboxylic acids is 1. The smallest absolute Gasteiger partial charge is 0.287 e. The Labute approximate surface area is 112 Å². The van der Waals surface area contributed by atoms with Crippen LogP contribution in [0.15, 0.2) is 42.0 Å². The first-order valence-electron chi connectivity index (χ1n) is 6.48. The number of ketones is 1. The summed E-state index contributed by atoms with van der Waals surface area (Å²) in [4.78, 5) is 11.8. The second kappa shape index (κ2) is 4.87. The predicted octanol–water partition coefficient (Wildman–Crippen LogP) is 4.64. The minimum atomic E-state index is -3.31. The van der Waals surface area contributed by atoms with Crippen molar-refractivity contribution in [1.82, 2.24) is 0 Å². The van der Waals surface area contributed by atoms with Crippen molar-refractivity contribution in [2.24, 2.45) is 5.41 Å². The molecule has 0 bridgehead atoms. The van der Waals surface area contributed by atoms with Gasteiger partial charge in [0.05, 0.1) is 0 Å². The molecule has 0 unspecified atom stereocenters. The van der Waals surface area contributed by atoms with Crippen molar-refractivity contribution < 1.29 is 13.6 Å². The summed E-state index contributed by atoms with van der Waals surface area (Å²) in [6.45, 7) is 4.05. The van der Waals surface area contributed by atoms with Gasteiger partial charge in [-0.15, -0.1) is 0 Å². The minimum Gasteiger partial charge on any atom is -0.287 e. The van der Waals surface area contributed by atoms with Crippen LogP contribution in [0.1, 0.15) is 43.5 Å². The van der Waals surface area contributed by atoms with E-state index in [0.29, 0.717) is 12.0 Å². The monoisotopic (exact) mass is 264 g/mol. The van der Waals surface area contributed by atoms with Crippen LogP contribution >= 0.6 is 0 Å². The summed E-state index contributed by atoms with van der Waals surface area (Å²) >= 11 is 0. The number of Topliss-reactive ketones (excluding diaryl/α,β-unsaturated/α-hetero) is 1. The summed E-state index contributed by atoms with van der Waals surface area (Å²) in [6.07, 6.45) is 2.96. The summed E-state index contributed by atoms with van der Waals surface area (Å²) in [5.74, 6) is -4.40. The number of carbonyl (C=O) groups is 1. The number of allylic oxidation sites excluding steroid dienone is 2. The van der Waals surface area contributed by atoms with Gasteiger partial charge in [-0.25, -0.2) is 0 Å². The van der Waals surface area contributed by atoms with Crippen LogP contribution in [0.3, 0.4) is 0 Å². The molecule has 0 amide bonds. The number of hydrogen-bond donors (Lipinski definition) is 0. The Morgan fingerprint density at radius 3 is 2.42 bits per heavy atom. The largest absolute Gasteiger partial charge is 0.313 e. The third-order valence-electron chi connectivity index (χ3n) is 3.50. The van der Waals surface area contributed by atoms with Crippen LogP contribution in [-0.2, 0) is 0 Å². The van der Waals surface area contributed by atoms with E-state index >= 15 is 0 Å². The van der Waals surface area contributed by atoms with Crippen LogP contribution in [0.4, 0.5) is 8.78 Å². The fourth-order valence-electron chi connectivity index (χ4n) is 2.49. The molecule has 0 atom stereocenters. The average molecular weight is 264 g/mol. The van der Waals surface area contributed by atoms with Gasteiger partial charge in [0, 0.05) is 12.0 Å². The van der Waals surface area contributed by atoms with Gasteiger partial charge in [-0.05, 0) is 18.3 Å². The lowest BCUT2D eigenvalue weighted by molar-refractivity contribution is 0.0104. The zero-order chi connectivity index (χ0) is 14.1. The molecule has 1 nitrogen and oxygen atoms in total. The highest BCUT2D eigenvalue weighted by Gasteiger charge is 2.41. The first kappa shape index (κ1) is 13.9. The number of halogens is 2. The van der Waals surface area contributed by atoms with Crippen molar-refractivity contribution in [2.75, 3.05) is 0 Å². The predicted molar refractivity (Wildman–Crippen MR) is 71.4 cm³/mol. The molecular weight excluding hydrogens is 246 g/mol. The third kappa shape index (κ3) is 3.28. The summed E-state index contributed by atoms with van der Waals surface area (Å²) in [6, 6.07) is 7.77. The molecule has 0 aliphatic heterocycles. The maximum absolute atomic E-state index is 14.0. The highest BCUT2D eigenvalue weighted by Crippen LogP contribution is 2.40. The van der Waals surface area contributed by atoms with E-state index in [-0.39, 0.29) is 11.0 Å². The van der Waals surface area contributed by atoms with Gasteiger partial charge in [0.15, 0.2) is 0 Å². The molecule has 1 aromatic carbocycles. The van der Waals surface area contributed by atoms with E-state index in [2.05, 4.69) is 0 Å². The highest BCUT2D eigenvalue weighted by atomic mass is 19.3. The van der Waals surface area contributed by atoms with E-state index in [4.69, 9.17) is 0 Å². The zero-order valence-electron chi connectivity index (χ0n) is 11.2. The third-order valence-corrected chi connectivity index (χ3v) is 3.50. The van der Waals surface area contributed by atoms with E-state index in [0.717, 1.165) is 6.42 Å². The molecule has 0 spiro atoms. The summed E-state index contributed by atoms with van der Waals surface area (Å²) in [7, 11) is 0. The number of benzene rings is 1. The maximum atomic E-state index is 14.0. The van der Waals surface area contributed by atoms with Gasteiger partial charge < -0.3 is 0 Å². The fourth-order valence-corrected chi connectivity index (χ4v) is 2.49. The maximum Gasteiger partial charge on any atom is 0.313 e. The van der Waals surface area contributed by atoms with Gasteiger partial charge in [0.2, 0.25) is 5.78 Å². The lowest BCUT2D eigenvalue weighted by Crippen LogP contribution is -2.29. The zero-order valence-corrected chi connectivity index (χ0v) is 11.2. The summed E-state index contributed by atoms with van der Waals surface area (Å²) in [5, 5.41) is 0. The molecule has 0 saturated carbocycles. The van der Waals surface area contributed by atoms with Gasteiger partial charge in [-0.1, -0.05) is 55.8 Å². The fraction of sp³-hybridized carbons (Fsp3) is 0.438. The number of hydrogen-bond acceptors (Lipinski definition) is 1.